The fraction of sp³-hybridized carbons (Fsp3) is 0.350. The molecule has 0 saturated carbocycles. The van der Waals surface area contributed by atoms with Crippen LogP contribution in [0.1, 0.15) is 18.7 Å². The van der Waals surface area contributed by atoms with Crippen molar-refractivity contribution in [1.29, 1.82) is 0 Å². The number of hydrogen-bond acceptors (Lipinski definition) is 5. The van der Waals surface area contributed by atoms with E-state index in [1.807, 2.05) is 36.4 Å². The molecule has 4 rings (SSSR count). The second kappa shape index (κ2) is 8.18. The summed E-state index contributed by atoms with van der Waals surface area (Å²) >= 11 is 0. The number of carbonyl (C=O) groups is 1. The Labute approximate surface area is 157 Å². The number of amides is 1. The van der Waals surface area contributed by atoms with Gasteiger partial charge in [0.05, 0.1) is 36.1 Å². The molecule has 3 aromatic rings. The number of carbonyl (C=O) groups excluding carboxylic acids is 1. The van der Waals surface area contributed by atoms with Gasteiger partial charge in [0.1, 0.15) is 11.6 Å². The lowest BCUT2D eigenvalue weighted by Crippen LogP contribution is -2.36. The van der Waals surface area contributed by atoms with Crippen molar-refractivity contribution in [3.63, 3.8) is 0 Å². The molecule has 0 aliphatic carbocycles. The van der Waals surface area contributed by atoms with Crippen LogP contribution in [0.25, 0.3) is 11.0 Å². The number of fused-ring (bicyclic) bond motifs is 1. The average molecular weight is 365 g/mol. The van der Waals surface area contributed by atoms with E-state index in [2.05, 4.69) is 25.2 Å². The standard InChI is InChI=1S/C20H23N5O2/c26-20(7-3-6-18-23-16-4-1-2-5-17(16)24-18)22-15-8-9-19(21-14-15)25-10-12-27-13-11-25/h1-2,4-5,8-9,14H,3,6-7,10-13H2,(H,22,26)(H,23,24). The van der Waals surface area contributed by atoms with Crippen LogP contribution in [0.5, 0.6) is 0 Å². The number of imidazole rings is 1. The summed E-state index contributed by atoms with van der Waals surface area (Å²) in [6.45, 7) is 3.15. The van der Waals surface area contributed by atoms with Crippen molar-refractivity contribution in [2.45, 2.75) is 19.3 Å². The van der Waals surface area contributed by atoms with Crippen LogP contribution in [0.3, 0.4) is 0 Å². The Morgan fingerprint density at radius 1 is 1.19 bits per heavy atom. The molecule has 0 radical (unpaired) electrons. The molecule has 1 aromatic carbocycles. The number of nitrogens with one attached hydrogen (secondary N) is 2. The van der Waals surface area contributed by atoms with Crippen LogP contribution in [-0.4, -0.2) is 47.2 Å². The highest BCUT2D eigenvalue weighted by Gasteiger charge is 2.12. The van der Waals surface area contributed by atoms with Gasteiger partial charge in [-0.15, -0.1) is 0 Å². The molecule has 7 heteroatoms. The van der Waals surface area contributed by atoms with E-state index in [0.717, 1.165) is 67.5 Å². The summed E-state index contributed by atoms with van der Waals surface area (Å²) < 4.78 is 5.35. The van der Waals surface area contributed by atoms with Crippen molar-refractivity contribution < 1.29 is 9.53 Å². The Kier molecular flexibility index (Phi) is 5.29. The zero-order valence-corrected chi connectivity index (χ0v) is 15.1. The molecule has 1 aliphatic rings. The Morgan fingerprint density at radius 2 is 2.04 bits per heavy atom. The topological polar surface area (TPSA) is 83.1 Å². The van der Waals surface area contributed by atoms with Gasteiger partial charge in [0.2, 0.25) is 5.91 Å². The van der Waals surface area contributed by atoms with Crippen LogP contribution < -0.4 is 10.2 Å². The Morgan fingerprint density at radius 3 is 2.81 bits per heavy atom. The normalized spacial score (nSPS) is 14.4. The first-order valence-corrected chi connectivity index (χ1v) is 9.30. The zero-order chi connectivity index (χ0) is 18.5. The summed E-state index contributed by atoms with van der Waals surface area (Å²) in [4.78, 5) is 26.6. The van der Waals surface area contributed by atoms with Crippen LogP contribution in [0.15, 0.2) is 42.6 Å². The summed E-state index contributed by atoms with van der Waals surface area (Å²) in [5.41, 5.74) is 2.72. The molecule has 27 heavy (non-hydrogen) atoms. The number of anilines is 2. The van der Waals surface area contributed by atoms with Crippen molar-refractivity contribution in [2.75, 3.05) is 36.5 Å². The number of nitrogens with zero attached hydrogens (tertiary/aromatic N) is 3. The van der Waals surface area contributed by atoms with Gasteiger partial charge in [0, 0.05) is 25.9 Å². The molecule has 1 fully saturated rings. The third-order valence-electron chi connectivity index (χ3n) is 4.62. The van der Waals surface area contributed by atoms with Crippen LogP contribution in [0.4, 0.5) is 11.5 Å². The van der Waals surface area contributed by atoms with E-state index in [1.165, 1.54) is 0 Å². The molecule has 0 unspecified atom stereocenters. The molecule has 140 valence electrons. The first-order chi connectivity index (χ1) is 13.3. The SMILES string of the molecule is O=C(CCCc1nc2ccccc2[nH]1)Nc1ccc(N2CCOCC2)nc1. The Hall–Kier alpha value is -2.93. The lowest BCUT2D eigenvalue weighted by atomic mass is 10.2. The number of morpholine rings is 1. The van der Waals surface area contributed by atoms with Gasteiger partial charge in [-0.1, -0.05) is 12.1 Å². The molecule has 7 nitrogen and oxygen atoms in total. The summed E-state index contributed by atoms with van der Waals surface area (Å²) in [7, 11) is 0. The predicted molar refractivity (Wildman–Crippen MR) is 105 cm³/mol. The second-order valence-electron chi connectivity index (χ2n) is 6.61. The lowest BCUT2D eigenvalue weighted by Gasteiger charge is -2.27. The minimum Gasteiger partial charge on any atom is -0.378 e. The number of pyridine rings is 1. The van der Waals surface area contributed by atoms with E-state index >= 15 is 0 Å². The van der Waals surface area contributed by atoms with E-state index in [9.17, 15) is 4.79 Å². The zero-order valence-electron chi connectivity index (χ0n) is 15.1. The number of benzene rings is 1. The molecule has 0 spiro atoms. The molecule has 1 amide bonds. The van der Waals surface area contributed by atoms with Gasteiger partial charge in [0.15, 0.2) is 0 Å². The number of H-pyrrole nitrogens is 1. The molecule has 2 N–H and O–H groups in total. The quantitative estimate of drug-likeness (QED) is 0.702. The maximum Gasteiger partial charge on any atom is 0.224 e. The predicted octanol–water partition coefficient (Wildman–Crippen LogP) is 2.76. The van der Waals surface area contributed by atoms with Gasteiger partial charge in [-0.05, 0) is 30.7 Å². The molecule has 1 saturated heterocycles. The van der Waals surface area contributed by atoms with E-state index < -0.39 is 0 Å². The molecular weight excluding hydrogens is 342 g/mol. The van der Waals surface area contributed by atoms with E-state index in [0.29, 0.717) is 6.42 Å². The number of hydrogen-bond donors (Lipinski definition) is 2. The molecule has 3 heterocycles. The fourth-order valence-electron chi connectivity index (χ4n) is 3.20. The minimum absolute atomic E-state index is 0.00738. The Bertz CT molecular complexity index is 867. The lowest BCUT2D eigenvalue weighted by molar-refractivity contribution is -0.116. The van der Waals surface area contributed by atoms with Gasteiger partial charge in [-0.25, -0.2) is 9.97 Å². The number of aromatic nitrogens is 3. The first-order valence-electron chi connectivity index (χ1n) is 9.30. The Balaban J connectivity index is 1.25. The molecule has 2 aromatic heterocycles. The highest BCUT2D eigenvalue weighted by atomic mass is 16.5. The largest absolute Gasteiger partial charge is 0.378 e. The van der Waals surface area contributed by atoms with Crippen LogP contribution >= 0.6 is 0 Å². The smallest absolute Gasteiger partial charge is 0.224 e. The van der Waals surface area contributed by atoms with Crippen molar-refractivity contribution in [3.05, 3.63) is 48.4 Å². The highest BCUT2D eigenvalue weighted by Crippen LogP contribution is 2.16. The van der Waals surface area contributed by atoms with Gasteiger partial charge >= 0.3 is 0 Å². The second-order valence-corrected chi connectivity index (χ2v) is 6.61. The highest BCUT2D eigenvalue weighted by molar-refractivity contribution is 5.90. The monoisotopic (exact) mass is 365 g/mol. The molecule has 0 atom stereocenters. The van der Waals surface area contributed by atoms with E-state index in [-0.39, 0.29) is 5.91 Å². The average Bonchev–Trinajstić information content (AvgIpc) is 3.12. The number of aryl methyl sites for hydroxylation is 1. The summed E-state index contributed by atoms with van der Waals surface area (Å²) in [5, 5.41) is 2.91. The first kappa shape index (κ1) is 17.5. The van der Waals surface area contributed by atoms with Gasteiger partial charge < -0.3 is 19.9 Å². The number of rotatable bonds is 6. The van der Waals surface area contributed by atoms with E-state index in [1.54, 1.807) is 6.20 Å². The summed E-state index contributed by atoms with van der Waals surface area (Å²) in [5.74, 6) is 1.83. The fourth-order valence-corrected chi connectivity index (χ4v) is 3.20. The third-order valence-corrected chi connectivity index (χ3v) is 4.62. The summed E-state index contributed by atoms with van der Waals surface area (Å²) in [6.07, 6.45) is 3.64. The van der Waals surface area contributed by atoms with Crippen LogP contribution in [0, 0.1) is 0 Å². The molecular formula is C20H23N5O2. The minimum atomic E-state index is -0.00738. The molecule has 1 aliphatic heterocycles. The van der Waals surface area contributed by atoms with Crippen molar-refractivity contribution in [2.24, 2.45) is 0 Å². The molecule has 0 bridgehead atoms. The van der Waals surface area contributed by atoms with Crippen molar-refractivity contribution in [3.8, 4) is 0 Å². The van der Waals surface area contributed by atoms with Crippen LogP contribution in [0.2, 0.25) is 0 Å². The van der Waals surface area contributed by atoms with E-state index in [4.69, 9.17) is 4.74 Å². The van der Waals surface area contributed by atoms with Crippen molar-refractivity contribution >= 4 is 28.4 Å². The van der Waals surface area contributed by atoms with Gasteiger partial charge in [-0.2, -0.15) is 0 Å². The van der Waals surface area contributed by atoms with Gasteiger partial charge in [0.25, 0.3) is 0 Å². The maximum absolute atomic E-state index is 12.2. The third kappa shape index (κ3) is 4.43. The number of aromatic amines is 1. The van der Waals surface area contributed by atoms with Gasteiger partial charge in [-0.3, -0.25) is 4.79 Å². The summed E-state index contributed by atoms with van der Waals surface area (Å²) in [6, 6.07) is 11.8. The maximum atomic E-state index is 12.2. The number of para-hydroxylation sites is 2. The number of ether oxygens (including phenoxy) is 1. The van der Waals surface area contributed by atoms with Crippen molar-refractivity contribution in [1.82, 2.24) is 15.0 Å². The van der Waals surface area contributed by atoms with Crippen LogP contribution in [-0.2, 0) is 16.0 Å².